The van der Waals surface area contributed by atoms with Gasteiger partial charge >= 0.3 is 6.03 Å². The van der Waals surface area contributed by atoms with Crippen molar-refractivity contribution < 1.29 is 13.2 Å². The highest BCUT2D eigenvalue weighted by Crippen LogP contribution is 2.11. The van der Waals surface area contributed by atoms with Crippen LogP contribution in [0.1, 0.15) is 20.3 Å². The van der Waals surface area contributed by atoms with Crippen LogP contribution in [0.2, 0.25) is 0 Å². The van der Waals surface area contributed by atoms with Crippen LogP contribution in [0.25, 0.3) is 0 Å². The average Bonchev–Trinajstić information content (AvgIpc) is 3.02. The van der Waals surface area contributed by atoms with Gasteiger partial charge in [-0.1, -0.05) is 19.1 Å². The number of rotatable bonds is 9. The second-order valence-electron chi connectivity index (χ2n) is 4.73. The highest BCUT2D eigenvalue weighted by molar-refractivity contribution is 7.89. The average molecular weight is 341 g/mol. The van der Waals surface area contributed by atoms with Gasteiger partial charge < -0.3 is 4.90 Å². The zero-order chi connectivity index (χ0) is 17.5. The van der Waals surface area contributed by atoms with Gasteiger partial charge in [0.05, 0.1) is 0 Å². The molecule has 0 radical (unpaired) electrons. The first-order valence-electron chi connectivity index (χ1n) is 7.35. The summed E-state index contributed by atoms with van der Waals surface area (Å²) in [5, 5.41) is 3.42. The SMILES string of the molecule is C=CCN(CC=C)S(=O)(=O)c1ncn(C(=O)N(CC)CCC)n1. The van der Waals surface area contributed by atoms with Gasteiger partial charge in [0.25, 0.3) is 15.2 Å². The summed E-state index contributed by atoms with van der Waals surface area (Å²) in [5.41, 5.74) is 0. The molecule has 0 aliphatic carbocycles. The summed E-state index contributed by atoms with van der Waals surface area (Å²) in [5.74, 6) is 0. The lowest BCUT2D eigenvalue weighted by Gasteiger charge is -2.19. The number of amides is 1. The standard InChI is InChI=1S/C14H23N5O3S/c1-5-9-17(8-4)14(20)19-12-15-13(16-19)23(21,22)18(10-6-2)11-7-3/h6-7,12H,2-3,5,8-11H2,1,4H3. The predicted octanol–water partition coefficient (Wildman–Crippen LogP) is 1.34. The molecule has 0 aliphatic rings. The molecule has 1 aromatic heterocycles. The summed E-state index contributed by atoms with van der Waals surface area (Å²) >= 11 is 0. The smallest absolute Gasteiger partial charge is 0.323 e. The molecule has 0 saturated heterocycles. The van der Waals surface area contributed by atoms with Crippen molar-refractivity contribution in [3.05, 3.63) is 31.6 Å². The third kappa shape index (κ3) is 4.49. The number of aromatic nitrogens is 3. The van der Waals surface area contributed by atoms with Crippen molar-refractivity contribution in [2.24, 2.45) is 0 Å². The minimum absolute atomic E-state index is 0.105. The zero-order valence-electron chi connectivity index (χ0n) is 13.6. The van der Waals surface area contributed by atoms with Gasteiger partial charge in [0.1, 0.15) is 6.33 Å². The minimum atomic E-state index is -3.91. The van der Waals surface area contributed by atoms with Crippen molar-refractivity contribution in [2.75, 3.05) is 26.2 Å². The van der Waals surface area contributed by atoms with E-state index < -0.39 is 21.2 Å². The van der Waals surface area contributed by atoms with Crippen molar-refractivity contribution >= 4 is 16.1 Å². The topological polar surface area (TPSA) is 88.4 Å². The number of carbonyl (C=O) groups excluding carboxylic acids is 1. The molecule has 8 nitrogen and oxygen atoms in total. The molecule has 1 heterocycles. The molecule has 0 aromatic carbocycles. The number of carbonyl (C=O) groups is 1. The molecule has 0 fully saturated rings. The van der Waals surface area contributed by atoms with Crippen molar-refractivity contribution in [3.63, 3.8) is 0 Å². The molecule has 1 amide bonds. The first kappa shape index (κ1) is 19.0. The molecule has 0 aliphatic heterocycles. The van der Waals surface area contributed by atoms with Crippen LogP contribution >= 0.6 is 0 Å². The van der Waals surface area contributed by atoms with E-state index in [4.69, 9.17) is 0 Å². The Morgan fingerprint density at radius 1 is 1.30 bits per heavy atom. The lowest BCUT2D eigenvalue weighted by atomic mass is 10.4. The summed E-state index contributed by atoms with van der Waals surface area (Å²) in [6, 6.07) is -0.401. The normalized spacial score (nSPS) is 11.4. The molecule has 0 spiro atoms. The van der Waals surface area contributed by atoms with E-state index in [0.717, 1.165) is 21.7 Å². The van der Waals surface area contributed by atoms with E-state index in [1.165, 1.54) is 12.2 Å². The minimum Gasteiger partial charge on any atom is -0.323 e. The van der Waals surface area contributed by atoms with Gasteiger partial charge in [0, 0.05) is 26.2 Å². The first-order valence-corrected chi connectivity index (χ1v) is 8.79. The number of sulfonamides is 1. The highest BCUT2D eigenvalue weighted by Gasteiger charge is 2.28. The fraction of sp³-hybridized carbons (Fsp3) is 0.500. The van der Waals surface area contributed by atoms with E-state index >= 15 is 0 Å². The molecule has 0 unspecified atom stereocenters. The highest BCUT2D eigenvalue weighted by atomic mass is 32.2. The molecule has 0 saturated carbocycles. The fourth-order valence-corrected chi connectivity index (χ4v) is 3.14. The van der Waals surface area contributed by atoms with Crippen LogP contribution in [-0.4, -0.2) is 64.6 Å². The molecule has 0 N–H and O–H groups in total. The molecule has 9 heteroatoms. The Balaban J connectivity index is 3.07. The second-order valence-corrected chi connectivity index (χ2v) is 6.57. The van der Waals surface area contributed by atoms with Gasteiger partial charge in [-0.3, -0.25) is 0 Å². The van der Waals surface area contributed by atoms with E-state index in [1.54, 1.807) is 4.90 Å². The Morgan fingerprint density at radius 2 is 1.91 bits per heavy atom. The summed E-state index contributed by atoms with van der Waals surface area (Å²) in [6.07, 6.45) is 4.84. The maximum absolute atomic E-state index is 12.5. The third-order valence-electron chi connectivity index (χ3n) is 3.05. The van der Waals surface area contributed by atoms with Crippen LogP contribution in [-0.2, 0) is 10.0 Å². The molecule has 128 valence electrons. The van der Waals surface area contributed by atoms with E-state index in [2.05, 4.69) is 23.2 Å². The van der Waals surface area contributed by atoms with E-state index in [1.807, 2.05) is 13.8 Å². The summed E-state index contributed by atoms with van der Waals surface area (Å²) in [7, 11) is -3.91. The number of nitrogens with zero attached hydrogens (tertiary/aromatic N) is 5. The van der Waals surface area contributed by atoms with Crippen LogP contribution in [0.15, 0.2) is 36.8 Å². The molecule has 0 atom stereocenters. The van der Waals surface area contributed by atoms with Crippen LogP contribution in [0, 0.1) is 0 Å². The predicted molar refractivity (Wildman–Crippen MR) is 87.5 cm³/mol. The van der Waals surface area contributed by atoms with E-state index in [-0.39, 0.29) is 13.1 Å². The Morgan fingerprint density at radius 3 is 2.39 bits per heavy atom. The Bertz CT molecular complexity index is 643. The largest absolute Gasteiger partial charge is 0.346 e. The Kier molecular flexibility index (Phi) is 7.11. The van der Waals surface area contributed by atoms with Crippen molar-refractivity contribution in [3.8, 4) is 0 Å². The van der Waals surface area contributed by atoms with Gasteiger partial charge in [0.15, 0.2) is 0 Å². The molecule has 0 bridgehead atoms. The summed E-state index contributed by atoms with van der Waals surface area (Å²) in [6.45, 7) is 12.1. The molecule has 1 rings (SSSR count). The Hall–Kier alpha value is -2.00. The lowest BCUT2D eigenvalue weighted by Crippen LogP contribution is -2.36. The summed E-state index contributed by atoms with van der Waals surface area (Å²) in [4.78, 5) is 17.6. The van der Waals surface area contributed by atoms with Crippen molar-refractivity contribution in [1.82, 2.24) is 24.0 Å². The third-order valence-corrected chi connectivity index (χ3v) is 4.68. The molecule has 1 aromatic rings. The van der Waals surface area contributed by atoms with Gasteiger partial charge in [0.2, 0.25) is 0 Å². The maximum atomic E-state index is 12.5. The Labute approximate surface area is 137 Å². The van der Waals surface area contributed by atoms with Gasteiger partial charge in [-0.25, -0.2) is 18.2 Å². The number of hydrogen-bond acceptors (Lipinski definition) is 5. The van der Waals surface area contributed by atoms with E-state index in [0.29, 0.717) is 13.1 Å². The van der Waals surface area contributed by atoms with E-state index in [9.17, 15) is 13.2 Å². The number of hydrogen-bond donors (Lipinski definition) is 0. The van der Waals surface area contributed by atoms with Crippen LogP contribution < -0.4 is 0 Å². The molecular weight excluding hydrogens is 318 g/mol. The second kappa shape index (κ2) is 8.59. The zero-order valence-corrected chi connectivity index (χ0v) is 14.4. The molecular formula is C14H23N5O3S. The van der Waals surface area contributed by atoms with Crippen molar-refractivity contribution in [1.29, 1.82) is 0 Å². The fourth-order valence-electron chi connectivity index (χ4n) is 1.94. The first-order chi connectivity index (χ1) is 10.9. The summed E-state index contributed by atoms with van der Waals surface area (Å²) < 4.78 is 27.0. The quantitative estimate of drug-likeness (QED) is 0.633. The van der Waals surface area contributed by atoms with Crippen molar-refractivity contribution in [2.45, 2.75) is 25.4 Å². The van der Waals surface area contributed by atoms with Crippen LogP contribution in [0.5, 0.6) is 0 Å². The van der Waals surface area contributed by atoms with Crippen LogP contribution in [0.3, 0.4) is 0 Å². The lowest BCUT2D eigenvalue weighted by molar-refractivity contribution is 0.198. The van der Waals surface area contributed by atoms with Gasteiger partial charge in [-0.05, 0) is 13.3 Å². The van der Waals surface area contributed by atoms with Gasteiger partial charge in [-0.2, -0.15) is 8.99 Å². The maximum Gasteiger partial charge on any atom is 0.346 e. The van der Waals surface area contributed by atoms with Crippen LogP contribution in [0.4, 0.5) is 4.79 Å². The van der Waals surface area contributed by atoms with Gasteiger partial charge in [-0.15, -0.1) is 18.3 Å². The molecule has 23 heavy (non-hydrogen) atoms. The monoisotopic (exact) mass is 341 g/mol.